The SMILES string of the molecule is O=C(O)CCNC(=O)c1ccc(C(=O)C(=CC(=O)c2cccc(SC(F)(F)F)c2)c2ccc3c(c2)CCCC3)cc1. The molecular formula is C31H26F3NO5S. The summed E-state index contributed by atoms with van der Waals surface area (Å²) in [5, 5.41) is 11.2. The molecule has 212 valence electrons. The fourth-order valence-corrected chi connectivity index (χ4v) is 5.16. The van der Waals surface area contributed by atoms with Crippen molar-refractivity contribution in [3.8, 4) is 0 Å². The number of ketones is 2. The van der Waals surface area contributed by atoms with Crippen molar-refractivity contribution in [3.05, 3.63) is 106 Å². The Morgan fingerprint density at radius 3 is 2.17 bits per heavy atom. The smallest absolute Gasteiger partial charge is 0.446 e. The van der Waals surface area contributed by atoms with E-state index in [4.69, 9.17) is 5.11 Å². The molecule has 0 aliphatic heterocycles. The number of Topliss-reactive ketones (excluding diaryl/α,β-unsaturated/α-hetero) is 1. The van der Waals surface area contributed by atoms with Gasteiger partial charge in [-0.3, -0.25) is 19.2 Å². The maximum Gasteiger partial charge on any atom is 0.446 e. The molecule has 6 nitrogen and oxygen atoms in total. The Balaban J connectivity index is 1.66. The molecule has 10 heteroatoms. The summed E-state index contributed by atoms with van der Waals surface area (Å²) in [6, 6.07) is 16.4. The third kappa shape index (κ3) is 8.17. The molecule has 0 spiro atoms. The van der Waals surface area contributed by atoms with Crippen LogP contribution in [0.1, 0.15) is 67.0 Å². The second-order valence-corrected chi connectivity index (χ2v) is 10.6. The van der Waals surface area contributed by atoms with E-state index in [-0.39, 0.29) is 51.9 Å². The van der Waals surface area contributed by atoms with Crippen LogP contribution in [-0.4, -0.2) is 40.6 Å². The Bertz CT molecular complexity index is 1510. The molecule has 0 saturated heterocycles. The number of benzene rings is 3. The molecule has 4 rings (SSSR count). The predicted molar refractivity (Wildman–Crippen MR) is 149 cm³/mol. The van der Waals surface area contributed by atoms with Crippen LogP contribution in [-0.2, 0) is 17.6 Å². The third-order valence-electron chi connectivity index (χ3n) is 6.57. The molecular weight excluding hydrogens is 555 g/mol. The lowest BCUT2D eigenvalue weighted by molar-refractivity contribution is -0.136. The van der Waals surface area contributed by atoms with Gasteiger partial charge in [0.05, 0.1) is 6.42 Å². The highest BCUT2D eigenvalue weighted by atomic mass is 32.2. The molecule has 0 fully saturated rings. The number of nitrogens with one attached hydrogen (secondary N) is 1. The zero-order chi connectivity index (χ0) is 29.6. The number of carboxylic acid groups (broad SMARTS) is 1. The van der Waals surface area contributed by atoms with Crippen LogP contribution in [0.15, 0.2) is 77.7 Å². The van der Waals surface area contributed by atoms with Crippen molar-refractivity contribution in [2.24, 2.45) is 0 Å². The van der Waals surface area contributed by atoms with Crippen LogP contribution in [0.5, 0.6) is 0 Å². The van der Waals surface area contributed by atoms with Gasteiger partial charge < -0.3 is 10.4 Å². The minimum absolute atomic E-state index is 0.0101. The minimum atomic E-state index is -4.51. The molecule has 3 aromatic carbocycles. The highest BCUT2D eigenvalue weighted by molar-refractivity contribution is 8.00. The van der Waals surface area contributed by atoms with Crippen molar-refractivity contribution >= 4 is 40.8 Å². The highest BCUT2D eigenvalue weighted by Crippen LogP contribution is 2.37. The van der Waals surface area contributed by atoms with Crippen molar-refractivity contribution in [1.82, 2.24) is 5.32 Å². The molecule has 0 saturated carbocycles. The predicted octanol–water partition coefficient (Wildman–Crippen LogP) is 6.53. The molecule has 0 unspecified atom stereocenters. The van der Waals surface area contributed by atoms with Gasteiger partial charge >= 0.3 is 11.5 Å². The normalized spacial score (nSPS) is 13.3. The number of carboxylic acids is 1. The maximum atomic E-state index is 13.7. The Labute approximate surface area is 238 Å². The number of hydrogen-bond acceptors (Lipinski definition) is 5. The van der Waals surface area contributed by atoms with Crippen LogP contribution in [0.2, 0.25) is 0 Å². The van der Waals surface area contributed by atoms with Crippen LogP contribution in [0, 0.1) is 0 Å². The fourth-order valence-electron chi connectivity index (χ4n) is 4.56. The lowest BCUT2D eigenvalue weighted by Gasteiger charge is -2.17. The van der Waals surface area contributed by atoms with Crippen molar-refractivity contribution in [3.63, 3.8) is 0 Å². The number of thioether (sulfide) groups is 1. The van der Waals surface area contributed by atoms with Crippen LogP contribution < -0.4 is 5.32 Å². The fraction of sp³-hybridized carbons (Fsp3) is 0.226. The molecule has 3 aromatic rings. The summed E-state index contributed by atoms with van der Waals surface area (Å²) in [6.07, 6.45) is 4.74. The molecule has 1 amide bonds. The summed E-state index contributed by atoms with van der Waals surface area (Å²) in [4.78, 5) is 49.8. The number of allylic oxidation sites excluding steroid dienone is 2. The lowest BCUT2D eigenvalue weighted by atomic mass is 9.87. The number of aryl methyl sites for hydroxylation is 2. The van der Waals surface area contributed by atoms with Gasteiger partial charge in [0.25, 0.3) is 5.91 Å². The summed E-state index contributed by atoms with van der Waals surface area (Å²) < 4.78 is 38.6. The van der Waals surface area contributed by atoms with Crippen molar-refractivity contribution in [1.29, 1.82) is 0 Å². The number of halogens is 3. The van der Waals surface area contributed by atoms with Gasteiger partial charge in [-0.25, -0.2) is 0 Å². The third-order valence-corrected chi connectivity index (χ3v) is 7.29. The van der Waals surface area contributed by atoms with Gasteiger partial charge in [0.2, 0.25) is 0 Å². The standard InChI is InChI=1S/C31H26F3NO5S/c32-31(33,34)41-25-7-3-6-24(17-25)27(36)18-26(23-13-8-19-4-1-2-5-22(19)16-23)29(39)20-9-11-21(12-10-20)30(40)35-15-14-28(37)38/h3,6-13,16-18H,1-2,4-5,14-15H2,(H,35,40)(H,37,38). The van der Waals surface area contributed by atoms with Crippen LogP contribution in [0.25, 0.3) is 5.57 Å². The van der Waals surface area contributed by atoms with E-state index in [2.05, 4.69) is 5.32 Å². The minimum Gasteiger partial charge on any atom is -0.481 e. The van der Waals surface area contributed by atoms with Gasteiger partial charge in [0, 0.05) is 33.7 Å². The van der Waals surface area contributed by atoms with Crippen molar-refractivity contribution < 1.29 is 37.5 Å². The van der Waals surface area contributed by atoms with Gasteiger partial charge in [-0.15, -0.1) is 0 Å². The summed E-state index contributed by atoms with van der Waals surface area (Å²) in [6.45, 7) is -0.0507. The van der Waals surface area contributed by atoms with Gasteiger partial charge in [-0.1, -0.05) is 42.5 Å². The topological polar surface area (TPSA) is 101 Å². The Morgan fingerprint density at radius 2 is 1.49 bits per heavy atom. The summed E-state index contributed by atoms with van der Waals surface area (Å²) in [7, 11) is 0. The first kappa shape index (κ1) is 29.8. The zero-order valence-corrected chi connectivity index (χ0v) is 22.6. The Kier molecular flexibility index (Phi) is 9.44. The van der Waals surface area contributed by atoms with Gasteiger partial charge in [-0.2, -0.15) is 13.2 Å². The summed E-state index contributed by atoms with van der Waals surface area (Å²) in [5.41, 5.74) is -1.23. The lowest BCUT2D eigenvalue weighted by Crippen LogP contribution is -2.26. The second kappa shape index (κ2) is 13.0. The van der Waals surface area contributed by atoms with Crippen molar-refractivity contribution in [2.45, 2.75) is 42.5 Å². The maximum absolute atomic E-state index is 13.7. The number of amides is 1. The molecule has 1 aliphatic rings. The van der Waals surface area contributed by atoms with Gasteiger partial charge in [-0.05, 0) is 84.5 Å². The Hall–Kier alpha value is -4.18. The van der Waals surface area contributed by atoms with E-state index in [0.717, 1.165) is 43.4 Å². The number of carbonyl (C=O) groups is 4. The van der Waals surface area contributed by atoms with Gasteiger partial charge in [0.15, 0.2) is 11.6 Å². The molecule has 0 bridgehead atoms. The van der Waals surface area contributed by atoms with E-state index in [1.165, 1.54) is 48.0 Å². The van der Waals surface area contributed by atoms with Gasteiger partial charge in [0.1, 0.15) is 0 Å². The average molecular weight is 582 g/mol. The van der Waals surface area contributed by atoms with E-state index in [1.54, 1.807) is 6.07 Å². The number of rotatable bonds is 10. The number of carbonyl (C=O) groups excluding carboxylic acids is 3. The summed E-state index contributed by atoms with van der Waals surface area (Å²) in [5.74, 6) is -2.66. The number of fused-ring (bicyclic) bond motifs is 1. The first-order valence-electron chi connectivity index (χ1n) is 12.9. The molecule has 1 aliphatic carbocycles. The number of alkyl halides is 3. The zero-order valence-electron chi connectivity index (χ0n) is 21.8. The average Bonchev–Trinajstić information content (AvgIpc) is 2.94. The van der Waals surface area contributed by atoms with Crippen LogP contribution >= 0.6 is 11.8 Å². The first-order chi connectivity index (χ1) is 19.5. The molecule has 2 N–H and O–H groups in total. The number of aliphatic carboxylic acids is 1. The number of hydrogen-bond donors (Lipinski definition) is 2. The van der Waals surface area contributed by atoms with E-state index >= 15 is 0 Å². The molecule has 0 heterocycles. The van der Waals surface area contributed by atoms with E-state index in [9.17, 15) is 32.3 Å². The molecule has 0 atom stereocenters. The summed E-state index contributed by atoms with van der Waals surface area (Å²) >= 11 is -0.326. The largest absolute Gasteiger partial charge is 0.481 e. The van der Waals surface area contributed by atoms with E-state index in [1.807, 2.05) is 12.1 Å². The quantitative estimate of drug-likeness (QED) is 0.160. The highest BCUT2D eigenvalue weighted by Gasteiger charge is 2.29. The van der Waals surface area contributed by atoms with E-state index < -0.39 is 29.0 Å². The Morgan fingerprint density at radius 1 is 0.829 bits per heavy atom. The first-order valence-corrected chi connectivity index (χ1v) is 13.7. The molecule has 0 radical (unpaired) electrons. The molecule has 0 aromatic heterocycles. The van der Waals surface area contributed by atoms with E-state index in [0.29, 0.717) is 5.56 Å². The van der Waals surface area contributed by atoms with Crippen LogP contribution in [0.3, 0.4) is 0 Å². The van der Waals surface area contributed by atoms with Crippen LogP contribution in [0.4, 0.5) is 13.2 Å². The van der Waals surface area contributed by atoms with Crippen molar-refractivity contribution in [2.75, 3.05) is 6.54 Å². The monoisotopic (exact) mass is 581 g/mol. The second-order valence-electron chi connectivity index (χ2n) is 9.49. The molecule has 41 heavy (non-hydrogen) atoms.